The number of carbonyl (C=O) groups excluding carboxylic acids is 3. The first kappa shape index (κ1) is 31.2. The molecule has 8 nitrogen and oxygen atoms in total. The number of hydrogen-bond acceptors (Lipinski definition) is 6. The predicted molar refractivity (Wildman–Crippen MR) is 153 cm³/mol. The van der Waals surface area contributed by atoms with Gasteiger partial charge in [0, 0.05) is 12.6 Å². The maximum atomic E-state index is 15.3. The van der Waals surface area contributed by atoms with E-state index in [0.717, 1.165) is 22.8 Å². The molecule has 0 saturated heterocycles. The summed E-state index contributed by atoms with van der Waals surface area (Å²) >= 11 is 0. The van der Waals surface area contributed by atoms with E-state index in [1.165, 1.54) is 12.1 Å². The number of aromatic nitrogens is 1. The molecule has 0 bridgehead atoms. The molecule has 0 radical (unpaired) electrons. The molecule has 1 aromatic heterocycles. The van der Waals surface area contributed by atoms with E-state index in [9.17, 15) is 18.8 Å². The van der Waals surface area contributed by atoms with Gasteiger partial charge in [-0.15, -0.1) is 0 Å². The SMILES string of the molecule is CCC[C@H](NC(=O)c1cccc(NC)n1)C(=O)NC(CC(=O)OCC)c1cc(-c2c(C)cccc2C)cc(F)c1F. The zero-order chi connectivity index (χ0) is 30.1. The van der Waals surface area contributed by atoms with Crippen molar-refractivity contribution in [3.05, 3.63) is 82.5 Å². The topological polar surface area (TPSA) is 109 Å². The van der Waals surface area contributed by atoms with Gasteiger partial charge in [-0.3, -0.25) is 14.4 Å². The lowest BCUT2D eigenvalue weighted by Crippen LogP contribution is -2.48. The maximum Gasteiger partial charge on any atom is 0.308 e. The summed E-state index contributed by atoms with van der Waals surface area (Å²) in [6.45, 7) is 7.26. The smallest absolute Gasteiger partial charge is 0.308 e. The van der Waals surface area contributed by atoms with Crippen molar-refractivity contribution in [1.82, 2.24) is 15.6 Å². The Morgan fingerprint density at radius 3 is 2.29 bits per heavy atom. The highest BCUT2D eigenvalue weighted by Crippen LogP contribution is 2.33. The van der Waals surface area contributed by atoms with Crippen molar-refractivity contribution in [3.8, 4) is 11.1 Å². The molecular formula is C31H36F2N4O4. The van der Waals surface area contributed by atoms with Gasteiger partial charge in [0.2, 0.25) is 5.91 Å². The maximum absolute atomic E-state index is 15.3. The Kier molecular flexibility index (Phi) is 10.9. The molecular weight excluding hydrogens is 530 g/mol. The second-order valence-electron chi connectivity index (χ2n) is 9.67. The number of ether oxygens (including phenoxy) is 1. The van der Waals surface area contributed by atoms with Gasteiger partial charge in [0.1, 0.15) is 17.6 Å². The van der Waals surface area contributed by atoms with Gasteiger partial charge in [0.15, 0.2) is 11.6 Å². The summed E-state index contributed by atoms with van der Waals surface area (Å²) in [7, 11) is 1.67. The van der Waals surface area contributed by atoms with Crippen molar-refractivity contribution in [2.75, 3.05) is 19.0 Å². The Hall–Kier alpha value is -4.34. The van der Waals surface area contributed by atoms with E-state index >= 15 is 4.39 Å². The third kappa shape index (κ3) is 7.87. The minimum atomic E-state index is -1.26. The van der Waals surface area contributed by atoms with Crippen LogP contribution in [0.2, 0.25) is 0 Å². The third-order valence-corrected chi connectivity index (χ3v) is 6.63. The fourth-order valence-electron chi connectivity index (χ4n) is 4.67. The molecule has 2 atom stereocenters. The Labute approximate surface area is 238 Å². The van der Waals surface area contributed by atoms with Crippen LogP contribution >= 0.6 is 0 Å². The molecule has 0 aliphatic heterocycles. The molecule has 2 amide bonds. The van der Waals surface area contributed by atoms with E-state index < -0.39 is 47.9 Å². The van der Waals surface area contributed by atoms with Crippen molar-refractivity contribution >= 4 is 23.6 Å². The van der Waals surface area contributed by atoms with E-state index in [0.29, 0.717) is 17.8 Å². The molecule has 1 unspecified atom stereocenters. The van der Waals surface area contributed by atoms with Gasteiger partial charge in [-0.1, -0.05) is 37.6 Å². The molecule has 0 spiro atoms. The lowest BCUT2D eigenvalue weighted by atomic mass is 9.92. The summed E-state index contributed by atoms with van der Waals surface area (Å²) in [6.07, 6.45) is 0.356. The molecule has 10 heteroatoms. The van der Waals surface area contributed by atoms with Crippen LogP contribution in [0.25, 0.3) is 11.1 Å². The summed E-state index contributed by atoms with van der Waals surface area (Å²) in [5.41, 5.74) is 2.74. The van der Waals surface area contributed by atoms with E-state index in [4.69, 9.17) is 4.74 Å². The van der Waals surface area contributed by atoms with Gasteiger partial charge in [0.05, 0.1) is 19.1 Å². The number of nitrogens with zero attached hydrogens (tertiary/aromatic N) is 1. The van der Waals surface area contributed by atoms with Crippen molar-refractivity contribution in [3.63, 3.8) is 0 Å². The summed E-state index contributed by atoms with van der Waals surface area (Å²) in [6, 6.07) is 10.7. The van der Waals surface area contributed by atoms with Gasteiger partial charge in [-0.25, -0.2) is 13.8 Å². The number of rotatable bonds is 12. The van der Waals surface area contributed by atoms with Crippen LogP contribution in [0.4, 0.5) is 14.6 Å². The molecule has 0 saturated carbocycles. The lowest BCUT2D eigenvalue weighted by Gasteiger charge is -2.24. The van der Waals surface area contributed by atoms with Crippen molar-refractivity contribution in [1.29, 1.82) is 0 Å². The van der Waals surface area contributed by atoms with Crippen LogP contribution in [0.15, 0.2) is 48.5 Å². The number of carbonyl (C=O) groups is 3. The predicted octanol–water partition coefficient (Wildman–Crippen LogP) is 5.39. The van der Waals surface area contributed by atoms with Crippen LogP contribution in [-0.4, -0.2) is 42.5 Å². The minimum absolute atomic E-state index is 0.0754. The number of esters is 1. The summed E-state index contributed by atoms with van der Waals surface area (Å²) in [4.78, 5) is 43.1. The molecule has 41 heavy (non-hydrogen) atoms. The molecule has 2 aromatic carbocycles. The van der Waals surface area contributed by atoms with E-state index in [-0.39, 0.29) is 24.3 Å². The van der Waals surface area contributed by atoms with Gasteiger partial charge >= 0.3 is 5.97 Å². The molecule has 0 aliphatic carbocycles. The standard InChI is InChI=1S/C31H36F2N4O4/c1-6-10-23(36-31(40)24-13-9-14-26(34-5)35-24)30(39)37-25(17-27(38)41-7-2)21-15-20(16-22(32)29(21)33)28-18(3)11-8-12-19(28)4/h8-9,11-16,23,25H,6-7,10,17H2,1-5H3,(H,34,35)(H,36,40)(H,37,39)/t23-,25?/m0/s1. The van der Waals surface area contributed by atoms with E-state index in [2.05, 4.69) is 20.9 Å². The van der Waals surface area contributed by atoms with Crippen LogP contribution in [-0.2, 0) is 14.3 Å². The number of anilines is 1. The van der Waals surface area contributed by atoms with Crippen molar-refractivity contribution in [2.45, 2.75) is 59.0 Å². The number of amides is 2. The number of pyridine rings is 1. The molecule has 218 valence electrons. The van der Waals surface area contributed by atoms with Gasteiger partial charge in [0.25, 0.3) is 5.91 Å². The fourth-order valence-corrected chi connectivity index (χ4v) is 4.67. The first-order valence-corrected chi connectivity index (χ1v) is 13.6. The lowest BCUT2D eigenvalue weighted by molar-refractivity contribution is -0.143. The Balaban J connectivity index is 1.98. The quantitative estimate of drug-likeness (QED) is 0.254. The number of hydrogen-bond donors (Lipinski definition) is 3. The highest BCUT2D eigenvalue weighted by atomic mass is 19.2. The fraction of sp³-hybridized carbons (Fsp3) is 0.355. The van der Waals surface area contributed by atoms with Crippen molar-refractivity contribution < 1.29 is 27.9 Å². The Bertz CT molecular complexity index is 1390. The highest BCUT2D eigenvalue weighted by molar-refractivity contribution is 5.96. The van der Waals surface area contributed by atoms with Crippen LogP contribution < -0.4 is 16.0 Å². The summed E-state index contributed by atoms with van der Waals surface area (Å²) < 4.78 is 35.4. The second-order valence-corrected chi connectivity index (χ2v) is 9.67. The molecule has 3 rings (SSSR count). The average Bonchev–Trinajstić information content (AvgIpc) is 2.94. The number of benzene rings is 2. The average molecular weight is 567 g/mol. The molecule has 0 fully saturated rings. The number of halogens is 2. The Morgan fingerprint density at radius 1 is 0.976 bits per heavy atom. The second kappa shape index (κ2) is 14.3. The Morgan fingerprint density at radius 2 is 1.66 bits per heavy atom. The normalized spacial score (nSPS) is 12.3. The monoisotopic (exact) mass is 566 g/mol. The van der Waals surface area contributed by atoms with Crippen LogP contribution in [0.1, 0.15) is 66.3 Å². The summed E-state index contributed by atoms with van der Waals surface area (Å²) in [5.74, 6) is -3.75. The van der Waals surface area contributed by atoms with E-state index in [1.54, 1.807) is 26.1 Å². The van der Waals surface area contributed by atoms with Crippen LogP contribution in [0.5, 0.6) is 0 Å². The zero-order valence-corrected chi connectivity index (χ0v) is 23.9. The number of aryl methyl sites for hydroxylation is 2. The van der Waals surface area contributed by atoms with Crippen LogP contribution in [0.3, 0.4) is 0 Å². The molecule has 3 N–H and O–H groups in total. The van der Waals surface area contributed by atoms with Gasteiger partial charge < -0.3 is 20.7 Å². The van der Waals surface area contributed by atoms with Crippen LogP contribution in [0, 0.1) is 25.5 Å². The first-order chi connectivity index (χ1) is 19.6. The molecule has 0 aliphatic rings. The zero-order valence-electron chi connectivity index (χ0n) is 23.9. The van der Waals surface area contributed by atoms with Crippen molar-refractivity contribution in [2.24, 2.45) is 0 Å². The van der Waals surface area contributed by atoms with Gasteiger partial charge in [-0.05, 0) is 73.7 Å². The van der Waals surface area contributed by atoms with E-state index in [1.807, 2.05) is 39.0 Å². The summed E-state index contributed by atoms with van der Waals surface area (Å²) in [5, 5.41) is 8.19. The third-order valence-electron chi connectivity index (χ3n) is 6.63. The minimum Gasteiger partial charge on any atom is -0.466 e. The number of nitrogens with one attached hydrogen (secondary N) is 3. The largest absolute Gasteiger partial charge is 0.466 e. The van der Waals surface area contributed by atoms with Gasteiger partial charge in [-0.2, -0.15) is 0 Å². The highest BCUT2D eigenvalue weighted by Gasteiger charge is 2.29. The molecule has 1 heterocycles. The first-order valence-electron chi connectivity index (χ1n) is 13.6. The molecule has 3 aromatic rings.